The number of carbonyl (C=O) groups excluding carboxylic acids is 4. The smallest absolute Gasteiger partial charge is 0.341 e. The van der Waals surface area contributed by atoms with E-state index in [0.717, 1.165) is 23.3 Å². The number of carbonyl (C=O) groups is 4. The van der Waals surface area contributed by atoms with E-state index < -0.39 is 23.0 Å². The Hall–Kier alpha value is -5.85. The number of amides is 3. The van der Waals surface area contributed by atoms with Crippen LogP contribution in [-0.4, -0.2) is 47.8 Å². The average Bonchev–Trinajstić information content (AvgIpc) is 3.56. The van der Waals surface area contributed by atoms with Gasteiger partial charge in [-0.25, -0.2) is 4.79 Å². The van der Waals surface area contributed by atoms with Gasteiger partial charge in [0, 0.05) is 32.7 Å². The molecule has 1 aromatic heterocycles. The van der Waals surface area contributed by atoms with Crippen molar-refractivity contribution in [3.05, 3.63) is 142 Å². The van der Waals surface area contributed by atoms with Crippen LogP contribution >= 0.6 is 23.1 Å². The largest absolute Gasteiger partial charge is 0.508 e. The number of fused-ring (bicyclic) bond motifs is 1. The summed E-state index contributed by atoms with van der Waals surface area (Å²) in [5.74, 6) is -1.19. The van der Waals surface area contributed by atoms with Gasteiger partial charge in [-0.3, -0.25) is 14.4 Å². The van der Waals surface area contributed by atoms with Gasteiger partial charge in [-0.15, -0.1) is 23.1 Å². The maximum atomic E-state index is 13.7. The minimum atomic E-state index is -0.602. The van der Waals surface area contributed by atoms with Crippen molar-refractivity contribution in [3.63, 3.8) is 0 Å². The Morgan fingerprint density at radius 3 is 2.42 bits per heavy atom. The highest BCUT2D eigenvalue weighted by Crippen LogP contribution is 2.43. The molecule has 0 fully saturated rings. The molecule has 2 unspecified atom stereocenters. The van der Waals surface area contributed by atoms with E-state index in [4.69, 9.17) is 9.47 Å². The third-order valence-corrected chi connectivity index (χ3v) is 11.3. The molecule has 1 aliphatic rings. The van der Waals surface area contributed by atoms with Crippen molar-refractivity contribution in [1.29, 1.82) is 0 Å². The van der Waals surface area contributed by atoms with Gasteiger partial charge < -0.3 is 30.5 Å². The summed E-state index contributed by atoms with van der Waals surface area (Å²) in [5, 5.41) is 18.4. The number of nitrogens with one attached hydrogen (secondary N) is 3. The summed E-state index contributed by atoms with van der Waals surface area (Å²) in [6.07, 6.45) is 3.86. The van der Waals surface area contributed by atoms with Crippen molar-refractivity contribution in [3.8, 4) is 11.5 Å². The molecule has 0 saturated carbocycles. The van der Waals surface area contributed by atoms with Gasteiger partial charge >= 0.3 is 5.97 Å². The highest BCUT2D eigenvalue weighted by Gasteiger charge is 2.31. The number of hydrogen-bond donors (Lipinski definition) is 4. The Morgan fingerprint density at radius 1 is 0.945 bits per heavy atom. The number of esters is 1. The van der Waals surface area contributed by atoms with Crippen LogP contribution in [0.25, 0.3) is 6.08 Å². The zero-order valence-corrected chi connectivity index (χ0v) is 32.2. The molecule has 3 amide bonds. The Morgan fingerprint density at radius 2 is 1.69 bits per heavy atom. The summed E-state index contributed by atoms with van der Waals surface area (Å²) in [7, 11) is 1.44. The van der Waals surface area contributed by atoms with Gasteiger partial charge in [0.25, 0.3) is 11.8 Å². The van der Waals surface area contributed by atoms with Crippen molar-refractivity contribution < 1.29 is 33.8 Å². The molecule has 10 nitrogen and oxygen atoms in total. The normalized spacial score (nSPS) is 14.2. The predicted molar refractivity (Wildman–Crippen MR) is 217 cm³/mol. The van der Waals surface area contributed by atoms with Crippen LogP contribution in [0.2, 0.25) is 0 Å². The second-order valence-electron chi connectivity index (χ2n) is 12.8. The minimum Gasteiger partial charge on any atom is -0.508 e. The van der Waals surface area contributed by atoms with E-state index in [1.54, 1.807) is 68.4 Å². The Kier molecular flexibility index (Phi) is 12.7. The highest BCUT2D eigenvalue weighted by molar-refractivity contribution is 8.00. The molecule has 1 heterocycles. The molecule has 5 aromatic rings. The number of aromatic hydroxyl groups is 1. The van der Waals surface area contributed by atoms with Crippen LogP contribution in [0.1, 0.15) is 68.5 Å². The van der Waals surface area contributed by atoms with E-state index in [-0.39, 0.29) is 24.0 Å². The summed E-state index contributed by atoms with van der Waals surface area (Å²) in [6, 6.07) is 30.3. The zero-order valence-electron chi connectivity index (χ0n) is 30.6. The van der Waals surface area contributed by atoms with E-state index in [0.29, 0.717) is 50.4 Å². The summed E-state index contributed by atoms with van der Waals surface area (Å²) in [6.45, 7) is 3.77. The summed E-state index contributed by atoms with van der Waals surface area (Å²) >= 11 is 2.73. The monoisotopic (exact) mass is 775 g/mol. The van der Waals surface area contributed by atoms with Crippen molar-refractivity contribution in [2.24, 2.45) is 0 Å². The molecular formula is C43H41N3O7S2. The van der Waals surface area contributed by atoms with Crippen LogP contribution in [0.5, 0.6) is 11.5 Å². The number of rotatable bonds is 13. The first-order valence-corrected chi connectivity index (χ1v) is 19.5. The molecule has 282 valence electrons. The Balaban J connectivity index is 1.17. The first-order chi connectivity index (χ1) is 26.6. The van der Waals surface area contributed by atoms with Crippen molar-refractivity contribution in [2.45, 2.75) is 49.2 Å². The topological polar surface area (TPSA) is 143 Å². The Bertz CT molecular complexity index is 2220. The predicted octanol–water partition coefficient (Wildman–Crippen LogP) is 8.44. The lowest BCUT2D eigenvalue weighted by molar-refractivity contribution is -0.115. The number of anilines is 2. The second kappa shape index (κ2) is 18.0. The molecule has 0 saturated heterocycles. The van der Waals surface area contributed by atoms with Gasteiger partial charge in [0.2, 0.25) is 5.91 Å². The first-order valence-electron chi connectivity index (χ1n) is 17.8. The minimum absolute atomic E-state index is 0.0172. The molecule has 0 spiro atoms. The summed E-state index contributed by atoms with van der Waals surface area (Å²) in [4.78, 5) is 55.5. The van der Waals surface area contributed by atoms with Crippen LogP contribution in [0.15, 0.2) is 114 Å². The number of hydrogen-bond acceptors (Lipinski definition) is 9. The van der Waals surface area contributed by atoms with Gasteiger partial charge in [-0.2, -0.15) is 0 Å². The van der Waals surface area contributed by atoms with E-state index in [1.807, 2.05) is 24.3 Å². The number of thiophene rings is 1. The number of phenolic OH excluding ortho intramolecular Hbond substituents is 1. The molecule has 4 N–H and O–H groups in total. The standard InChI is InChI=1S/C43H41N3O7S2/c1-4-53-43(51)38-34-21-19-29(27-12-7-5-8-13-27)23-37(34)55-42(38)46-39(48)26(2)54-33-17-11-16-31(24-33)44-41(50)35(45-40(49)28-14-9-6-10-15-28)22-30-18-20-32(47)25-36(30)52-3/h5-18,20,22,24-26,29,47H,4,19,21,23H2,1-3H3,(H,44,50)(H,45,49)(H,46,48)/b35-22+. The molecule has 2 atom stereocenters. The van der Waals surface area contributed by atoms with Crippen LogP contribution in [0.4, 0.5) is 10.7 Å². The number of thioether (sulfide) groups is 1. The van der Waals surface area contributed by atoms with Crippen molar-refractivity contribution in [2.75, 3.05) is 24.4 Å². The molecule has 0 radical (unpaired) electrons. The molecule has 12 heteroatoms. The zero-order chi connectivity index (χ0) is 38.9. The lowest BCUT2D eigenvalue weighted by Gasteiger charge is -2.23. The quantitative estimate of drug-likeness (QED) is 0.0531. The number of methoxy groups -OCH3 is 1. The van der Waals surface area contributed by atoms with Crippen LogP contribution in [-0.2, 0) is 27.2 Å². The van der Waals surface area contributed by atoms with Crippen molar-refractivity contribution >= 4 is 63.6 Å². The molecular weight excluding hydrogens is 735 g/mol. The molecule has 55 heavy (non-hydrogen) atoms. The highest BCUT2D eigenvalue weighted by atomic mass is 32.2. The Labute approximate surface area is 328 Å². The third-order valence-electron chi connectivity index (χ3n) is 9.07. The molecule has 0 bridgehead atoms. The van der Waals surface area contributed by atoms with Gasteiger partial charge in [-0.1, -0.05) is 54.6 Å². The number of phenols is 1. The average molecular weight is 776 g/mol. The van der Waals surface area contributed by atoms with E-state index >= 15 is 0 Å². The van der Waals surface area contributed by atoms with Gasteiger partial charge in [0.15, 0.2) is 0 Å². The van der Waals surface area contributed by atoms with Gasteiger partial charge in [0.1, 0.15) is 22.2 Å². The van der Waals surface area contributed by atoms with E-state index in [9.17, 15) is 24.3 Å². The van der Waals surface area contributed by atoms with E-state index in [1.165, 1.54) is 54.0 Å². The molecule has 1 aliphatic carbocycles. The second-order valence-corrected chi connectivity index (χ2v) is 15.3. The lowest BCUT2D eigenvalue weighted by Crippen LogP contribution is -2.30. The summed E-state index contributed by atoms with van der Waals surface area (Å²) < 4.78 is 10.8. The van der Waals surface area contributed by atoms with Crippen LogP contribution in [0.3, 0.4) is 0 Å². The fraction of sp³-hybridized carbons (Fsp3) is 0.209. The van der Waals surface area contributed by atoms with Crippen LogP contribution < -0.4 is 20.7 Å². The van der Waals surface area contributed by atoms with Gasteiger partial charge in [0.05, 0.1) is 24.5 Å². The SMILES string of the molecule is CCOC(=O)c1c(NC(=O)C(C)Sc2cccc(NC(=O)/C(=C\c3ccc(O)cc3OC)NC(=O)c3ccccc3)c2)sc2c1CCC(c1ccccc1)C2. The molecule has 4 aromatic carbocycles. The number of benzene rings is 4. The first kappa shape index (κ1) is 38.9. The maximum Gasteiger partial charge on any atom is 0.341 e. The third kappa shape index (κ3) is 9.64. The van der Waals surface area contributed by atoms with Gasteiger partial charge in [-0.05, 0) is 98.7 Å². The molecule has 0 aliphatic heterocycles. The number of ether oxygens (including phenoxy) is 2. The maximum absolute atomic E-state index is 13.7. The fourth-order valence-corrected chi connectivity index (χ4v) is 8.58. The fourth-order valence-electron chi connectivity index (χ4n) is 6.34. The lowest BCUT2D eigenvalue weighted by atomic mass is 9.83. The van der Waals surface area contributed by atoms with E-state index in [2.05, 4.69) is 28.1 Å². The van der Waals surface area contributed by atoms with Crippen molar-refractivity contribution in [1.82, 2.24) is 5.32 Å². The molecule has 6 rings (SSSR count). The summed E-state index contributed by atoms with van der Waals surface area (Å²) in [5.41, 5.74) is 3.84. The van der Waals surface area contributed by atoms with Crippen LogP contribution in [0, 0.1) is 0 Å².